The second kappa shape index (κ2) is 15.1. The lowest BCUT2D eigenvalue weighted by Crippen LogP contribution is -2.28. The van der Waals surface area contributed by atoms with E-state index in [9.17, 15) is 0 Å². The molecule has 10 aromatic carbocycles. The molecule has 2 unspecified atom stereocenters. The molecule has 2 aliphatic rings. The number of aliphatic imine (C=N–C) groups is 1. The van der Waals surface area contributed by atoms with E-state index in [1.165, 1.54) is 88.0 Å². The van der Waals surface area contributed by atoms with Crippen LogP contribution in [0.3, 0.4) is 0 Å². The van der Waals surface area contributed by atoms with Crippen LogP contribution < -0.4 is 0 Å². The Morgan fingerprint density at radius 1 is 0.413 bits per heavy atom. The predicted octanol–water partition coefficient (Wildman–Crippen LogP) is 15.8. The fraction of sp³-hybridized carbons (Fsp3) is 0.0806. The molecular formula is C62H45N. The Hall–Kier alpha value is -7.61. The first-order valence-corrected chi connectivity index (χ1v) is 22.4. The third-order valence-electron chi connectivity index (χ3n) is 14.0. The van der Waals surface area contributed by atoms with Gasteiger partial charge in [0.2, 0.25) is 0 Å². The van der Waals surface area contributed by atoms with Crippen LogP contribution in [0.5, 0.6) is 0 Å². The zero-order valence-electron chi connectivity index (χ0n) is 35.2. The molecule has 298 valence electrons. The van der Waals surface area contributed by atoms with Gasteiger partial charge in [0.15, 0.2) is 0 Å². The van der Waals surface area contributed by atoms with Gasteiger partial charge < -0.3 is 0 Å². The monoisotopic (exact) mass is 803 g/mol. The van der Waals surface area contributed by atoms with E-state index in [0.29, 0.717) is 0 Å². The number of hydrogen-bond acceptors (Lipinski definition) is 1. The molecule has 1 aliphatic carbocycles. The highest BCUT2D eigenvalue weighted by atomic mass is 14.8. The molecule has 1 heteroatoms. The van der Waals surface area contributed by atoms with E-state index in [-0.39, 0.29) is 11.8 Å². The topological polar surface area (TPSA) is 12.4 Å². The molecule has 0 fully saturated rings. The van der Waals surface area contributed by atoms with Crippen LogP contribution in [0.1, 0.15) is 58.2 Å². The van der Waals surface area contributed by atoms with Gasteiger partial charge in [-0.15, -0.1) is 0 Å². The van der Waals surface area contributed by atoms with Crippen LogP contribution in [0.2, 0.25) is 0 Å². The third-order valence-corrected chi connectivity index (χ3v) is 14.0. The van der Waals surface area contributed by atoms with Crippen molar-refractivity contribution in [3.8, 4) is 22.3 Å². The number of hydrogen-bond donors (Lipinski definition) is 0. The van der Waals surface area contributed by atoms with Gasteiger partial charge in [-0.2, -0.15) is 0 Å². The second-order valence-corrected chi connectivity index (χ2v) is 17.2. The van der Waals surface area contributed by atoms with Crippen molar-refractivity contribution in [1.29, 1.82) is 0 Å². The van der Waals surface area contributed by atoms with Crippen molar-refractivity contribution in [3.05, 3.63) is 269 Å². The van der Waals surface area contributed by atoms with Crippen molar-refractivity contribution in [2.45, 2.75) is 24.7 Å². The van der Waals surface area contributed by atoms with E-state index in [0.717, 1.165) is 23.4 Å². The molecule has 0 aromatic heterocycles. The van der Waals surface area contributed by atoms with E-state index in [1.807, 2.05) is 0 Å². The molecule has 10 aromatic rings. The fourth-order valence-corrected chi connectivity index (χ4v) is 11.2. The Kier molecular flexibility index (Phi) is 8.90. The minimum Gasteiger partial charge on any atom is -0.252 e. The quantitative estimate of drug-likeness (QED) is 0.142. The summed E-state index contributed by atoms with van der Waals surface area (Å²) < 4.78 is 0. The smallest absolute Gasteiger partial charge is 0.0713 e. The molecule has 0 bridgehead atoms. The first-order chi connectivity index (χ1) is 31.2. The van der Waals surface area contributed by atoms with Gasteiger partial charge in [0.05, 0.1) is 16.8 Å². The van der Waals surface area contributed by atoms with E-state index < -0.39 is 5.41 Å². The Balaban J connectivity index is 1.10. The molecule has 0 radical (unpaired) electrons. The highest BCUT2D eigenvalue weighted by Crippen LogP contribution is 2.57. The number of rotatable bonds is 7. The summed E-state index contributed by atoms with van der Waals surface area (Å²) in [6.45, 7) is 2.30. The number of nitrogens with zero attached hydrogens (tertiary/aromatic N) is 1. The van der Waals surface area contributed by atoms with E-state index in [4.69, 9.17) is 4.99 Å². The first kappa shape index (κ1) is 37.2. The minimum atomic E-state index is -0.440. The lowest BCUT2D eigenvalue weighted by Gasteiger charge is -2.33. The number of benzene rings is 10. The van der Waals surface area contributed by atoms with Crippen LogP contribution >= 0.6 is 0 Å². The number of allylic oxidation sites excluding steroid dienone is 1. The summed E-state index contributed by atoms with van der Waals surface area (Å²) in [7, 11) is 0. The van der Waals surface area contributed by atoms with Gasteiger partial charge in [0.1, 0.15) is 0 Å². The van der Waals surface area contributed by atoms with Crippen LogP contribution in [-0.4, -0.2) is 5.71 Å². The van der Waals surface area contributed by atoms with Crippen LogP contribution in [0.4, 0.5) is 0 Å². The van der Waals surface area contributed by atoms with Gasteiger partial charge in [-0.1, -0.05) is 219 Å². The first-order valence-electron chi connectivity index (χ1n) is 22.4. The minimum absolute atomic E-state index is 0.201. The Morgan fingerprint density at radius 2 is 0.968 bits per heavy atom. The lowest BCUT2D eigenvalue weighted by molar-refractivity contribution is 0.593. The highest BCUT2D eigenvalue weighted by molar-refractivity contribution is 6.28. The summed E-state index contributed by atoms with van der Waals surface area (Å²) in [4.78, 5) is 5.58. The molecule has 0 saturated heterocycles. The van der Waals surface area contributed by atoms with Crippen LogP contribution in [-0.2, 0) is 5.41 Å². The van der Waals surface area contributed by atoms with Crippen molar-refractivity contribution in [2.75, 3.05) is 0 Å². The highest BCUT2D eigenvalue weighted by Gasteiger charge is 2.46. The zero-order chi connectivity index (χ0) is 41.9. The Labute approximate surface area is 369 Å². The fourth-order valence-electron chi connectivity index (χ4n) is 11.2. The second-order valence-electron chi connectivity index (χ2n) is 17.2. The van der Waals surface area contributed by atoms with Crippen LogP contribution in [0.15, 0.2) is 236 Å². The van der Waals surface area contributed by atoms with Crippen LogP contribution in [0.25, 0.3) is 60.3 Å². The molecule has 1 aliphatic heterocycles. The SMILES string of the molecule is CCC1C(c2ccccc2)=NC(c2ccc3c4ccccc4c4cccc(-c5ccc6c(c5)-c5ccccc5C6(c5ccccc5)c5ccccc5)c4c3c2)=CC1c1ccccc1. The maximum absolute atomic E-state index is 5.58. The molecule has 1 nitrogen and oxygen atoms in total. The van der Waals surface area contributed by atoms with Crippen molar-refractivity contribution < 1.29 is 0 Å². The van der Waals surface area contributed by atoms with Crippen molar-refractivity contribution in [3.63, 3.8) is 0 Å². The molecular weight excluding hydrogens is 759 g/mol. The Bertz CT molecular complexity index is 3380. The van der Waals surface area contributed by atoms with E-state index in [1.54, 1.807) is 0 Å². The van der Waals surface area contributed by atoms with Gasteiger partial charge in [0, 0.05) is 17.4 Å². The van der Waals surface area contributed by atoms with Crippen molar-refractivity contribution in [1.82, 2.24) is 0 Å². The molecule has 0 saturated carbocycles. The van der Waals surface area contributed by atoms with Crippen LogP contribution in [0, 0.1) is 5.92 Å². The standard InChI is InChI=1S/C62H45N/c1-2-47-54(41-20-7-3-8-21-41)40-59(63-61(47)42-22-9-4-10-23-42)44-34-36-51-49-28-15-16-29-50(49)53-32-19-31-48(60(53)56(51)39-44)43-35-37-58-55(38-43)52-30-17-18-33-57(52)62(58,45-24-11-5-12-25-45)46-26-13-6-14-27-46/h3-40,47,54H,2H2,1H3. The lowest BCUT2D eigenvalue weighted by atomic mass is 9.67. The zero-order valence-corrected chi connectivity index (χ0v) is 35.2. The average Bonchev–Trinajstić information content (AvgIpc) is 3.67. The van der Waals surface area contributed by atoms with Gasteiger partial charge in [-0.3, -0.25) is 4.99 Å². The largest absolute Gasteiger partial charge is 0.252 e. The molecule has 2 atom stereocenters. The molecule has 0 N–H and O–H groups in total. The predicted molar refractivity (Wildman–Crippen MR) is 266 cm³/mol. The number of fused-ring (bicyclic) bond motifs is 9. The van der Waals surface area contributed by atoms with Gasteiger partial charge in [0.25, 0.3) is 0 Å². The summed E-state index contributed by atoms with van der Waals surface area (Å²) in [6.07, 6.45) is 3.43. The molecule has 0 spiro atoms. The van der Waals surface area contributed by atoms with E-state index >= 15 is 0 Å². The summed E-state index contributed by atoms with van der Waals surface area (Å²) >= 11 is 0. The van der Waals surface area contributed by atoms with Gasteiger partial charge >= 0.3 is 0 Å². The third kappa shape index (κ3) is 5.80. The normalized spacial score (nSPS) is 16.4. The molecule has 0 amide bonds. The maximum Gasteiger partial charge on any atom is 0.0713 e. The maximum atomic E-state index is 5.58. The van der Waals surface area contributed by atoms with Crippen molar-refractivity contribution >= 4 is 43.7 Å². The molecule has 12 rings (SSSR count). The average molecular weight is 804 g/mol. The van der Waals surface area contributed by atoms with Crippen molar-refractivity contribution in [2.24, 2.45) is 10.9 Å². The van der Waals surface area contributed by atoms with Gasteiger partial charge in [-0.05, 0) is 113 Å². The molecule has 1 heterocycles. The van der Waals surface area contributed by atoms with E-state index in [2.05, 4.69) is 237 Å². The summed E-state index contributed by atoms with van der Waals surface area (Å²) in [5, 5.41) is 7.56. The Morgan fingerprint density at radius 3 is 1.68 bits per heavy atom. The summed E-state index contributed by atoms with van der Waals surface area (Å²) in [5.41, 5.74) is 15.6. The van der Waals surface area contributed by atoms with Gasteiger partial charge in [-0.25, -0.2) is 0 Å². The molecule has 63 heavy (non-hydrogen) atoms. The summed E-state index contributed by atoms with van der Waals surface area (Å²) in [5.74, 6) is 0.467. The summed E-state index contributed by atoms with van der Waals surface area (Å²) in [6, 6.07) is 83.1.